The van der Waals surface area contributed by atoms with Crippen molar-refractivity contribution in [1.82, 2.24) is 5.32 Å². The van der Waals surface area contributed by atoms with Crippen LogP contribution in [0.5, 0.6) is 0 Å². The summed E-state index contributed by atoms with van der Waals surface area (Å²) in [5, 5.41) is 3.71. The smallest absolute Gasteiger partial charge is 0.00178 e. The fraction of sp³-hybridized carbons (Fsp3) is 1.00. The van der Waals surface area contributed by atoms with E-state index in [1.807, 2.05) is 0 Å². The quantitative estimate of drug-likeness (QED) is 0.644. The molecule has 19 heavy (non-hydrogen) atoms. The Kier molecular flexibility index (Phi) is 8.06. The van der Waals surface area contributed by atoms with Crippen LogP contribution in [0.4, 0.5) is 0 Å². The molecule has 1 fully saturated rings. The first-order chi connectivity index (χ1) is 9.02. The first-order valence-electron chi connectivity index (χ1n) is 8.73. The lowest BCUT2D eigenvalue weighted by molar-refractivity contribution is 0.156. The molecule has 3 atom stereocenters. The van der Waals surface area contributed by atoms with Gasteiger partial charge in [-0.25, -0.2) is 0 Å². The normalized spacial score (nSPS) is 28.3. The van der Waals surface area contributed by atoms with Crippen LogP contribution >= 0.6 is 0 Å². The van der Waals surface area contributed by atoms with E-state index in [0.717, 1.165) is 29.6 Å². The summed E-state index contributed by atoms with van der Waals surface area (Å²) in [6.07, 6.45) is 8.71. The van der Waals surface area contributed by atoms with Crippen LogP contribution in [-0.4, -0.2) is 13.1 Å². The van der Waals surface area contributed by atoms with Crippen molar-refractivity contribution in [2.75, 3.05) is 13.1 Å². The van der Waals surface area contributed by atoms with Crippen molar-refractivity contribution in [2.45, 2.75) is 73.1 Å². The first-order valence-corrected chi connectivity index (χ1v) is 8.73. The Morgan fingerprint density at radius 2 is 1.74 bits per heavy atom. The second kappa shape index (κ2) is 9.00. The van der Waals surface area contributed by atoms with Crippen LogP contribution in [0.3, 0.4) is 0 Å². The van der Waals surface area contributed by atoms with Crippen LogP contribution in [0.25, 0.3) is 0 Å². The van der Waals surface area contributed by atoms with Gasteiger partial charge in [-0.1, -0.05) is 53.9 Å². The zero-order chi connectivity index (χ0) is 14.3. The average Bonchev–Trinajstić information content (AvgIpc) is 2.36. The molecule has 0 amide bonds. The van der Waals surface area contributed by atoms with Crippen LogP contribution in [0.2, 0.25) is 0 Å². The van der Waals surface area contributed by atoms with Gasteiger partial charge in [-0.15, -0.1) is 0 Å². The van der Waals surface area contributed by atoms with Gasteiger partial charge in [-0.3, -0.25) is 0 Å². The van der Waals surface area contributed by atoms with E-state index in [0.29, 0.717) is 0 Å². The summed E-state index contributed by atoms with van der Waals surface area (Å²) in [5.41, 5.74) is 0. The van der Waals surface area contributed by atoms with Crippen molar-refractivity contribution in [3.8, 4) is 0 Å². The highest BCUT2D eigenvalue weighted by molar-refractivity contribution is 4.81. The van der Waals surface area contributed by atoms with Gasteiger partial charge in [-0.2, -0.15) is 0 Å². The molecular weight excluding hydrogens is 230 g/mol. The second-order valence-corrected chi connectivity index (χ2v) is 7.63. The predicted octanol–water partition coefficient (Wildman–Crippen LogP) is 5.11. The van der Waals surface area contributed by atoms with E-state index in [9.17, 15) is 0 Å². The van der Waals surface area contributed by atoms with Crippen molar-refractivity contribution >= 4 is 0 Å². The zero-order valence-electron chi connectivity index (χ0n) is 14.0. The van der Waals surface area contributed by atoms with Gasteiger partial charge in [-0.05, 0) is 61.9 Å². The predicted molar refractivity (Wildman–Crippen MR) is 86.4 cm³/mol. The molecule has 1 N–H and O–H groups in total. The molecule has 0 aromatic rings. The third-order valence-electron chi connectivity index (χ3n) is 4.90. The Morgan fingerprint density at radius 3 is 2.32 bits per heavy atom. The molecule has 1 heteroatoms. The van der Waals surface area contributed by atoms with Crippen molar-refractivity contribution in [3.63, 3.8) is 0 Å². The molecule has 0 radical (unpaired) electrons. The van der Waals surface area contributed by atoms with Crippen molar-refractivity contribution in [1.29, 1.82) is 0 Å². The molecule has 1 aliphatic carbocycles. The Hall–Kier alpha value is -0.0400. The topological polar surface area (TPSA) is 12.0 Å². The maximum atomic E-state index is 3.71. The Labute approximate surface area is 121 Å². The first kappa shape index (κ1) is 17.0. The van der Waals surface area contributed by atoms with Gasteiger partial charge in [0.25, 0.3) is 0 Å². The molecule has 1 nitrogen and oxygen atoms in total. The van der Waals surface area contributed by atoms with Crippen molar-refractivity contribution < 1.29 is 0 Å². The average molecular weight is 268 g/mol. The minimum atomic E-state index is 0.779. The summed E-state index contributed by atoms with van der Waals surface area (Å²) in [4.78, 5) is 0. The largest absolute Gasteiger partial charge is 0.316 e. The van der Waals surface area contributed by atoms with Crippen molar-refractivity contribution in [2.24, 2.45) is 29.6 Å². The van der Waals surface area contributed by atoms with Gasteiger partial charge >= 0.3 is 0 Å². The number of hydrogen-bond donors (Lipinski definition) is 1. The molecule has 1 saturated carbocycles. The number of rotatable bonds is 8. The van der Waals surface area contributed by atoms with Gasteiger partial charge in [0.2, 0.25) is 0 Å². The lowest BCUT2D eigenvalue weighted by Crippen LogP contribution is -2.34. The molecule has 0 bridgehead atoms. The van der Waals surface area contributed by atoms with E-state index in [1.54, 1.807) is 0 Å². The standard InChI is InChI=1S/C18H37N/c1-6-16-8-10-18(13-19-12-15(4)5)17(11-16)9-7-14(2)3/h14-19H,6-13H2,1-5H3. The molecular formula is C18H37N. The molecule has 3 unspecified atom stereocenters. The molecule has 1 aliphatic rings. The fourth-order valence-corrected chi connectivity index (χ4v) is 3.52. The minimum Gasteiger partial charge on any atom is -0.316 e. The second-order valence-electron chi connectivity index (χ2n) is 7.63. The van der Waals surface area contributed by atoms with Crippen LogP contribution in [0.15, 0.2) is 0 Å². The summed E-state index contributed by atoms with van der Waals surface area (Å²) in [6, 6.07) is 0. The lowest BCUT2D eigenvalue weighted by Gasteiger charge is -2.37. The molecule has 0 aromatic carbocycles. The Bertz CT molecular complexity index is 222. The summed E-state index contributed by atoms with van der Waals surface area (Å²) in [6.45, 7) is 14.2. The van der Waals surface area contributed by atoms with Gasteiger partial charge in [0.15, 0.2) is 0 Å². The third kappa shape index (κ3) is 6.79. The summed E-state index contributed by atoms with van der Waals surface area (Å²) in [7, 11) is 0. The molecule has 1 rings (SSSR count). The summed E-state index contributed by atoms with van der Waals surface area (Å²) in [5.74, 6) is 4.59. The molecule has 0 spiro atoms. The van der Waals surface area contributed by atoms with Gasteiger partial charge in [0, 0.05) is 0 Å². The summed E-state index contributed by atoms with van der Waals surface area (Å²) >= 11 is 0. The van der Waals surface area contributed by atoms with Crippen molar-refractivity contribution in [3.05, 3.63) is 0 Å². The van der Waals surface area contributed by atoms with Gasteiger partial charge in [0.1, 0.15) is 0 Å². The van der Waals surface area contributed by atoms with E-state index in [-0.39, 0.29) is 0 Å². The number of hydrogen-bond acceptors (Lipinski definition) is 1. The van der Waals surface area contributed by atoms with Gasteiger partial charge in [0.05, 0.1) is 0 Å². The number of nitrogens with one attached hydrogen (secondary N) is 1. The lowest BCUT2D eigenvalue weighted by atomic mass is 9.71. The van der Waals surface area contributed by atoms with Crippen LogP contribution in [0, 0.1) is 29.6 Å². The maximum Gasteiger partial charge on any atom is -0.00178 e. The molecule has 0 aromatic heterocycles. The fourth-order valence-electron chi connectivity index (χ4n) is 3.52. The van der Waals surface area contributed by atoms with Gasteiger partial charge < -0.3 is 5.32 Å². The molecule has 0 heterocycles. The van der Waals surface area contributed by atoms with Crippen LogP contribution in [0.1, 0.15) is 73.1 Å². The minimum absolute atomic E-state index is 0.779. The molecule has 0 aliphatic heterocycles. The highest BCUT2D eigenvalue weighted by atomic mass is 14.9. The zero-order valence-corrected chi connectivity index (χ0v) is 14.0. The van der Waals surface area contributed by atoms with E-state index in [2.05, 4.69) is 39.9 Å². The maximum absolute atomic E-state index is 3.71. The highest BCUT2D eigenvalue weighted by Gasteiger charge is 2.29. The Balaban J connectivity index is 2.40. The van der Waals surface area contributed by atoms with E-state index in [4.69, 9.17) is 0 Å². The molecule has 0 saturated heterocycles. The third-order valence-corrected chi connectivity index (χ3v) is 4.90. The van der Waals surface area contributed by atoms with E-state index in [1.165, 1.54) is 51.6 Å². The van der Waals surface area contributed by atoms with Crippen LogP contribution < -0.4 is 5.32 Å². The summed E-state index contributed by atoms with van der Waals surface area (Å²) < 4.78 is 0. The Morgan fingerprint density at radius 1 is 1.00 bits per heavy atom. The SMILES string of the molecule is CCC1CCC(CNCC(C)C)C(CCC(C)C)C1. The monoisotopic (exact) mass is 267 g/mol. The molecule has 114 valence electrons. The van der Waals surface area contributed by atoms with E-state index >= 15 is 0 Å². The highest BCUT2D eigenvalue weighted by Crippen LogP contribution is 2.38. The van der Waals surface area contributed by atoms with Crippen LogP contribution in [-0.2, 0) is 0 Å². The van der Waals surface area contributed by atoms with E-state index < -0.39 is 0 Å².